The lowest BCUT2D eigenvalue weighted by Gasteiger charge is -2.32. The van der Waals surface area contributed by atoms with Crippen LogP contribution in [-0.4, -0.2) is 26.8 Å². The molecule has 1 N–H and O–H groups in total. The van der Waals surface area contributed by atoms with Crippen molar-refractivity contribution >= 4 is 0 Å². The highest BCUT2D eigenvalue weighted by molar-refractivity contribution is 4.93. The highest BCUT2D eigenvalue weighted by Gasteiger charge is 2.28. The monoisotopic (exact) mass is 279 g/mol. The lowest BCUT2D eigenvalue weighted by atomic mass is 9.80. The highest BCUT2D eigenvalue weighted by Crippen LogP contribution is 2.36. The Morgan fingerprint density at radius 3 is 2.40 bits per heavy atom. The summed E-state index contributed by atoms with van der Waals surface area (Å²) in [5.74, 6) is 3.15. The standard InChI is InChI=1S/C15H29N5/c1-10(2)9-16-13(5)15-17-18-19-20(15)14-7-11(3)6-12(4)8-14/h10-14,16H,6-9H2,1-5H3. The van der Waals surface area contributed by atoms with Gasteiger partial charge in [0.1, 0.15) is 0 Å². The minimum absolute atomic E-state index is 0.208. The molecule has 1 aliphatic rings. The van der Waals surface area contributed by atoms with E-state index < -0.39 is 0 Å². The molecule has 0 spiro atoms. The molecular weight excluding hydrogens is 250 g/mol. The van der Waals surface area contributed by atoms with Crippen molar-refractivity contribution in [1.29, 1.82) is 0 Å². The number of hydrogen-bond acceptors (Lipinski definition) is 4. The van der Waals surface area contributed by atoms with Crippen LogP contribution in [-0.2, 0) is 0 Å². The molecule has 1 aromatic rings. The molecule has 3 unspecified atom stereocenters. The molecule has 1 aromatic heterocycles. The van der Waals surface area contributed by atoms with E-state index in [1.165, 1.54) is 19.3 Å². The lowest BCUT2D eigenvalue weighted by Crippen LogP contribution is -2.29. The van der Waals surface area contributed by atoms with Gasteiger partial charge in [0.2, 0.25) is 0 Å². The molecule has 3 atom stereocenters. The molecule has 5 heteroatoms. The molecule has 0 aromatic carbocycles. The van der Waals surface area contributed by atoms with E-state index in [1.54, 1.807) is 0 Å². The Hall–Kier alpha value is -0.970. The maximum Gasteiger partial charge on any atom is 0.168 e. The SMILES string of the molecule is CC(C)CNC(C)c1nnnn1C1CC(C)CC(C)C1. The summed E-state index contributed by atoms with van der Waals surface area (Å²) in [7, 11) is 0. The smallest absolute Gasteiger partial charge is 0.168 e. The maximum atomic E-state index is 4.27. The largest absolute Gasteiger partial charge is 0.307 e. The van der Waals surface area contributed by atoms with Crippen LogP contribution in [0, 0.1) is 17.8 Å². The molecule has 2 rings (SSSR count). The summed E-state index contributed by atoms with van der Waals surface area (Å²) in [6.45, 7) is 12.3. The average Bonchev–Trinajstić information content (AvgIpc) is 2.83. The summed E-state index contributed by atoms with van der Waals surface area (Å²) in [5, 5.41) is 16.0. The third-order valence-corrected chi connectivity index (χ3v) is 4.24. The first-order valence-electron chi connectivity index (χ1n) is 7.98. The number of nitrogens with zero attached hydrogens (tertiary/aromatic N) is 4. The van der Waals surface area contributed by atoms with Gasteiger partial charge in [-0.2, -0.15) is 0 Å². The first kappa shape index (κ1) is 15.4. The molecule has 1 fully saturated rings. The van der Waals surface area contributed by atoms with Crippen LogP contribution in [0.5, 0.6) is 0 Å². The third-order valence-electron chi connectivity index (χ3n) is 4.24. The fourth-order valence-corrected chi connectivity index (χ4v) is 3.35. The van der Waals surface area contributed by atoms with Gasteiger partial charge in [0.25, 0.3) is 0 Å². The molecule has 0 bridgehead atoms. The summed E-state index contributed by atoms with van der Waals surface area (Å²) in [5.41, 5.74) is 0. The Morgan fingerprint density at radius 1 is 1.15 bits per heavy atom. The molecule has 0 radical (unpaired) electrons. The van der Waals surface area contributed by atoms with Gasteiger partial charge in [-0.05, 0) is 60.9 Å². The van der Waals surface area contributed by atoms with Crippen LogP contribution in [0.2, 0.25) is 0 Å². The van der Waals surface area contributed by atoms with Crippen LogP contribution in [0.25, 0.3) is 0 Å². The van der Waals surface area contributed by atoms with Crippen molar-refractivity contribution in [1.82, 2.24) is 25.5 Å². The van der Waals surface area contributed by atoms with Gasteiger partial charge in [0, 0.05) is 0 Å². The quantitative estimate of drug-likeness (QED) is 0.900. The summed E-state index contributed by atoms with van der Waals surface area (Å²) in [6, 6.07) is 0.669. The van der Waals surface area contributed by atoms with Gasteiger partial charge in [0.05, 0.1) is 12.1 Å². The minimum Gasteiger partial charge on any atom is -0.307 e. The molecule has 1 saturated carbocycles. The summed E-state index contributed by atoms with van der Waals surface area (Å²) >= 11 is 0. The van der Waals surface area contributed by atoms with Gasteiger partial charge in [-0.1, -0.05) is 27.7 Å². The molecule has 0 amide bonds. The predicted octanol–water partition coefficient (Wildman–Crippen LogP) is 2.98. The first-order valence-corrected chi connectivity index (χ1v) is 7.98. The zero-order valence-electron chi connectivity index (χ0n) is 13.5. The third kappa shape index (κ3) is 3.78. The van der Waals surface area contributed by atoms with E-state index in [9.17, 15) is 0 Å². The van der Waals surface area contributed by atoms with Crippen molar-refractivity contribution in [2.45, 2.75) is 66.0 Å². The maximum absolute atomic E-state index is 4.27. The van der Waals surface area contributed by atoms with Gasteiger partial charge in [0.15, 0.2) is 5.82 Å². The number of nitrogens with one attached hydrogen (secondary N) is 1. The molecule has 0 saturated heterocycles. The second-order valence-electron chi connectivity index (χ2n) is 7.08. The molecule has 114 valence electrons. The van der Waals surface area contributed by atoms with Crippen LogP contribution in [0.4, 0.5) is 0 Å². The van der Waals surface area contributed by atoms with Gasteiger partial charge in [-0.15, -0.1) is 5.10 Å². The van der Waals surface area contributed by atoms with Gasteiger partial charge in [-0.3, -0.25) is 0 Å². The molecule has 0 aliphatic heterocycles. The van der Waals surface area contributed by atoms with Crippen molar-refractivity contribution in [3.63, 3.8) is 0 Å². The molecule has 1 heterocycles. The Kier molecular flexibility index (Phi) is 5.13. The summed E-state index contributed by atoms with van der Waals surface area (Å²) < 4.78 is 2.07. The van der Waals surface area contributed by atoms with Gasteiger partial charge < -0.3 is 5.32 Å². The Morgan fingerprint density at radius 2 is 1.80 bits per heavy atom. The van der Waals surface area contributed by atoms with Crippen LogP contribution >= 0.6 is 0 Å². The van der Waals surface area contributed by atoms with E-state index >= 15 is 0 Å². The van der Waals surface area contributed by atoms with E-state index in [-0.39, 0.29) is 6.04 Å². The topological polar surface area (TPSA) is 55.6 Å². The number of aromatic nitrogens is 4. The van der Waals surface area contributed by atoms with Crippen LogP contribution in [0.15, 0.2) is 0 Å². The number of hydrogen-bond donors (Lipinski definition) is 1. The molecule has 5 nitrogen and oxygen atoms in total. The normalized spacial score (nSPS) is 28.8. The molecule has 1 aliphatic carbocycles. The lowest BCUT2D eigenvalue weighted by molar-refractivity contribution is 0.202. The highest BCUT2D eigenvalue weighted by atomic mass is 15.6. The zero-order chi connectivity index (χ0) is 14.7. The van der Waals surface area contributed by atoms with Crippen molar-refractivity contribution in [3.05, 3.63) is 5.82 Å². The van der Waals surface area contributed by atoms with Crippen molar-refractivity contribution in [2.75, 3.05) is 6.54 Å². The van der Waals surface area contributed by atoms with Crippen LogP contribution < -0.4 is 5.32 Å². The summed E-state index contributed by atoms with van der Waals surface area (Å²) in [4.78, 5) is 0. The van der Waals surface area contributed by atoms with E-state index in [4.69, 9.17) is 0 Å². The average molecular weight is 279 g/mol. The molecular formula is C15H29N5. The second kappa shape index (κ2) is 6.66. The van der Waals surface area contributed by atoms with Gasteiger partial charge >= 0.3 is 0 Å². The number of tetrazole rings is 1. The van der Waals surface area contributed by atoms with Crippen molar-refractivity contribution in [3.8, 4) is 0 Å². The number of rotatable bonds is 5. The fraction of sp³-hybridized carbons (Fsp3) is 0.933. The Balaban J connectivity index is 2.07. The van der Waals surface area contributed by atoms with E-state index in [0.717, 1.165) is 24.2 Å². The van der Waals surface area contributed by atoms with Crippen molar-refractivity contribution < 1.29 is 0 Å². The Labute approximate surface area is 122 Å². The predicted molar refractivity (Wildman–Crippen MR) is 80.3 cm³/mol. The van der Waals surface area contributed by atoms with Crippen LogP contribution in [0.1, 0.15) is 71.8 Å². The van der Waals surface area contributed by atoms with Crippen LogP contribution in [0.3, 0.4) is 0 Å². The summed E-state index contributed by atoms with van der Waals surface area (Å²) in [6.07, 6.45) is 3.72. The minimum atomic E-state index is 0.208. The fourth-order valence-electron chi connectivity index (χ4n) is 3.35. The first-order chi connectivity index (χ1) is 9.47. The van der Waals surface area contributed by atoms with Crippen molar-refractivity contribution in [2.24, 2.45) is 17.8 Å². The van der Waals surface area contributed by atoms with Gasteiger partial charge in [-0.25, -0.2) is 4.68 Å². The van der Waals surface area contributed by atoms with E-state index in [2.05, 4.69) is 60.1 Å². The van der Waals surface area contributed by atoms with E-state index in [1.807, 2.05) is 0 Å². The molecule has 20 heavy (non-hydrogen) atoms. The zero-order valence-corrected chi connectivity index (χ0v) is 13.5. The second-order valence-corrected chi connectivity index (χ2v) is 7.08. The Bertz CT molecular complexity index is 404. The van der Waals surface area contributed by atoms with E-state index in [0.29, 0.717) is 12.0 Å².